The van der Waals surface area contributed by atoms with Crippen LogP contribution in [0.2, 0.25) is 0 Å². The van der Waals surface area contributed by atoms with Gasteiger partial charge in [0.1, 0.15) is 11.5 Å². The Bertz CT molecular complexity index is 1640. The molecule has 2 aliphatic rings. The Labute approximate surface area is 256 Å². The molecule has 4 heterocycles. The summed E-state index contributed by atoms with van der Waals surface area (Å²) >= 11 is 0. The lowest BCUT2D eigenvalue weighted by atomic mass is 9.85. The SMILES string of the molecule is CCc1c(C(c2[nH]c(/C=C3\N=CC(C)=C3C)c(C)c2CC)c2c(OC)cccc2OC)[nH]c(/C=C2\N=CC(C)=C2C)c1C. The lowest BCUT2D eigenvalue weighted by molar-refractivity contribution is 0.383. The van der Waals surface area contributed by atoms with E-state index in [4.69, 9.17) is 19.5 Å². The van der Waals surface area contributed by atoms with Crippen LogP contribution >= 0.6 is 0 Å². The minimum absolute atomic E-state index is 0.191. The molecule has 0 atom stereocenters. The molecule has 0 amide bonds. The molecule has 0 spiro atoms. The molecular formula is C37H44N4O2. The van der Waals surface area contributed by atoms with Gasteiger partial charge in [0, 0.05) is 35.2 Å². The molecule has 2 aliphatic heterocycles. The zero-order chi connectivity index (χ0) is 31.0. The third-order valence-corrected chi connectivity index (χ3v) is 9.25. The van der Waals surface area contributed by atoms with Crippen LogP contribution in [-0.2, 0) is 12.8 Å². The van der Waals surface area contributed by atoms with Crippen molar-refractivity contribution in [2.75, 3.05) is 14.2 Å². The number of H-pyrrole nitrogens is 2. The monoisotopic (exact) mass is 576 g/mol. The topological polar surface area (TPSA) is 74.8 Å². The van der Waals surface area contributed by atoms with Gasteiger partial charge < -0.3 is 19.4 Å². The summed E-state index contributed by atoms with van der Waals surface area (Å²) in [5.41, 5.74) is 17.3. The van der Waals surface area contributed by atoms with Gasteiger partial charge in [-0.2, -0.15) is 0 Å². The molecule has 0 bridgehead atoms. The van der Waals surface area contributed by atoms with E-state index < -0.39 is 0 Å². The fraction of sp³-hybridized carbons (Fsp3) is 0.351. The van der Waals surface area contributed by atoms with Gasteiger partial charge in [-0.05, 0) is 123 Å². The first-order chi connectivity index (χ1) is 20.6. The largest absolute Gasteiger partial charge is 0.496 e. The van der Waals surface area contributed by atoms with Crippen molar-refractivity contribution in [3.8, 4) is 11.5 Å². The van der Waals surface area contributed by atoms with Crippen LogP contribution in [0.15, 0.2) is 61.9 Å². The minimum atomic E-state index is -0.191. The van der Waals surface area contributed by atoms with Gasteiger partial charge in [0.05, 0.1) is 37.1 Å². The van der Waals surface area contributed by atoms with Crippen molar-refractivity contribution in [1.82, 2.24) is 9.97 Å². The Morgan fingerprint density at radius 3 is 1.44 bits per heavy atom. The molecule has 2 N–H and O–H groups in total. The zero-order valence-electron chi connectivity index (χ0n) is 27.2. The van der Waals surface area contributed by atoms with Gasteiger partial charge in [-0.3, -0.25) is 9.98 Å². The van der Waals surface area contributed by atoms with Crippen LogP contribution in [0.1, 0.15) is 98.1 Å². The minimum Gasteiger partial charge on any atom is -0.496 e. The predicted molar refractivity (Wildman–Crippen MR) is 180 cm³/mol. The van der Waals surface area contributed by atoms with Crippen molar-refractivity contribution < 1.29 is 9.47 Å². The number of aromatic nitrogens is 2. The second-order valence-corrected chi connectivity index (χ2v) is 11.5. The van der Waals surface area contributed by atoms with Crippen LogP contribution in [0.4, 0.5) is 0 Å². The van der Waals surface area contributed by atoms with E-state index in [0.29, 0.717) is 0 Å². The summed E-state index contributed by atoms with van der Waals surface area (Å²) in [5.74, 6) is 1.39. The number of ether oxygens (including phenoxy) is 2. The van der Waals surface area contributed by atoms with Crippen molar-refractivity contribution >= 4 is 24.6 Å². The summed E-state index contributed by atoms with van der Waals surface area (Å²) in [6.07, 6.45) is 10.0. The first kappa shape index (κ1) is 30.1. The Morgan fingerprint density at radius 1 is 0.698 bits per heavy atom. The molecule has 3 aromatic rings. The first-order valence-electron chi connectivity index (χ1n) is 15.2. The maximum absolute atomic E-state index is 6.02. The Hall–Kier alpha value is -4.32. The summed E-state index contributed by atoms with van der Waals surface area (Å²) in [6.45, 7) is 17.3. The molecule has 0 radical (unpaired) electrons. The highest BCUT2D eigenvalue weighted by Gasteiger charge is 2.33. The van der Waals surface area contributed by atoms with Crippen molar-refractivity contribution in [3.05, 3.63) is 102 Å². The number of aromatic amines is 2. The number of nitrogens with one attached hydrogen (secondary N) is 2. The number of allylic oxidation sites excluding steroid dienone is 4. The normalized spacial score (nSPS) is 16.7. The Balaban J connectivity index is 1.81. The van der Waals surface area contributed by atoms with Crippen molar-refractivity contribution in [2.24, 2.45) is 9.98 Å². The first-order valence-corrected chi connectivity index (χ1v) is 15.2. The molecule has 43 heavy (non-hydrogen) atoms. The predicted octanol–water partition coefficient (Wildman–Crippen LogP) is 8.81. The summed E-state index contributed by atoms with van der Waals surface area (Å²) in [7, 11) is 3.46. The highest BCUT2D eigenvalue weighted by atomic mass is 16.5. The molecule has 0 unspecified atom stereocenters. The molecule has 6 nitrogen and oxygen atoms in total. The molecule has 1 aromatic carbocycles. The third-order valence-electron chi connectivity index (χ3n) is 9.25. The fourth-order valence-corrected chi connectivity index (χ4v) is 6.34. The molecule has 0 saturated carbocycles. The van der Waals surface area contributed by atoms with Crippen LogP contribution in [0.25, 0.3) is 12.2 Å². The lowest BCUT2D eigenvalue weighted by Gasteiger charge is -2.24. The lowest BCUT2D eigenvalue weighted by Crippen LogP contribution is -2.12. The number of hydrogen-bond donors (Lipinski definition) is 2. The number of rotatable bonds is 9. The van der Waals surface area contributed by atoms with E-state index in [1.807, 2.05) is 30.6 Å². The average molecular weight is 577 g/mol. The van der Waals surface area contributed by atoms with Crippen LogP contribution in [0, 0.1) is 13.8 Å². The van der Waals surface area contributed by atoms with Crippen LogP contribution in [0.5, 0.6) is 11.5 Å². The molecule has 6 heteroatoms. The van der Waals surface area contributed by atoms with Gasteiger partial charge >= 0.3 is 0 Å². The second-order valence-electron chi connectivity index (χ2n) is 11.5. The third kappa shape index (κ3) is 5.24. The zero-order valence-corrected chi connectivity index (χ0v) is 27.2. The average Bonchev–Trinajstić information content (AvgIpc) is 3.70. The van der Waals surface area contributed by atoms with Gasteiger partial charge in [-0.15, -0.1) is 0 Å². The van der Waals surface area contributed by atoms with Gasteiger partial charge in [-0.1, -0.05) is 19.9 Å². The molecule has 0 aliphatic carbocycles. The Kier molecular flexibility index (Phi) is 8.50. The molecular weight excluding hydrogens is 532 g/mol. The van der Waals surface area contributed by atoms with Crippen LogP contribution < -0.4 is 9.47 Å². The summed E-state index contributed by atoms with van der Waals surface area (Å²) in [6, 6.07) is 6.03. The molecule has 0 saturated heterocycles. The molecule has 224 valence electrons. The van der Waals surface area contributed by atoms with Crippen LogP contribution in [-0.4, -0.2) is 36.6 Å². The maximum atomic E-state index is 6.02. The summed E-state index contributed by atoms with van der Waals surface area (Å²) in [5, 5.41) is 0. The quantitative estimate of drug-likeness (QED) is 0.267. The second kappa shape index (κ2) is 12.1. The fourth-order valence-electron chi connectivity index (χ4n) is 6.34. The van der Waals surface area contributed by atoms with Gasteiger partial charge in [0.2, 0.25) is 0 Å². The number of hydrogen-bond acceptors (Lipinski definition) is 4. The van der Waals surface area contributed by atoms with E-state index in [0.717, 1.165) is 64.1 Å². The summed E-state index contributed by atoms with van der Waals surface area (Å²) in [4.78, 5) is 17.1. The highest BCUT2D eigenvalue weighted by Crippen LogP contribution is 2.46. The van der Waals surface area contributed by atoms with Crippen molar-refractivity contribution in [3.63, 3.8) is 0 Å². The van der Waals surface area contributed by atoms with E-state index >= 15 is 0 Å². The number of benzene rings is 1. The highest BCUT2D eigenvalue weighted by molar-refractivity contribution is 5.88. The van der Waals surface area contributed by atoms with E-state index in [1.165, 1.54) is 44.5 Å². The van der Waals surface area contributed by atoms with E-state index in [1.54, 1.807) is 14.2 Å². The smallest absolute Gasteiger partial charge is 0.126 e. The Morgan fingerprint density at radius 2 is 1.12 bits per heavy atom. The maximum Gasteiger partial charge on any atom is 0.126 e. The number of nitrogens with zero attached hydrogens (tertiary/aromatic N) is 2. The summed E-state index contributed by atoms with van der Waals surface area (Å²) < 4.78 is 12.0. The van der Waals surface area contributed by atoms with Crippen LogP contribution in [0.3, 0.4) is 0 Å². The van der Waals surface area contributed by atoms with Gasteiger partial charge in [-0.25, -0.2) is 0 Å². The molecule has 5 rings (SSSR count). The molecule has 2 aromatic heterocycles. The number of methoxy groups -OCH3 is 2. The van der Waals surface area contributed by atoms with Crippen molar-refractivity contribution in [1.29, 1.82) is 0 Å². The van der Waals surface area contributed by atoms with Gasteiger partial charge in [0.15, 0.2) is 0 Å². The molecule has 0 fully saturated rings. The van der Waals surface area contributed by atoms with E-state index in [2.05, 4.69) is 77.5 Å². The van der Waals surface area contributed by atoms with Gasteiger partial charge in [0.25, 0.3) is 0 Å². The number of aliphatic imine (C=N–C) groups is 2. The van der Waals surface area contributed by atoms with Crippen molar-refractivity contribution in [2.45, 2.75) is 74.1 Å². The van der Waals surface area contributed by atoms with E-state index in [9.17, 15) is 0 Å². The van der Waals surface area contributed by atoms with E-state index in [-0.39, 0.29) is 5.92 Å². The standard InChI is InChI=1S/C37H44N4O2/c1-11-26-24(7)30(16-28-22(5)20(3)18-38-28)40-36(26)35(34-32(42-9)14-13-15-33(34)43-10)37-27(12-2)25(8)31(41-37)17-29-23(6)21(4)19-39-29/h13-19,35,40-41H,11-12H2,1-10H3/b28-16-,29-17-.